The maximum Gasteiger partial charge on any atom is 0.215 e. The predicted molar refractivity (Wildman–Crippen MR) is 68.4 cm³/mol. The second-order valence-electron chi connectivity index (χ2n) is 4.09. The summed E-state index contributed by atoms with van der Waals surface area (Å²) in [6.45, 7) is 1.84. The predicted octanol–water partition coefficient (Wildman–Crippen LogP) is 2.10. The Kier molecular flexibility index (Phi) is 2.60. The van der Waals surface area contributed by atoms with Gasteiger partial charge in [0.15, 0.2) is 5.82 Å². The summed E-state index contributed by atoms with van der Waals surface area (Å²) in [7, 11) is 0. The van der Waals surface area contributed by atoms with Crippen LogP contribution in [0.2, 0.25) is 0 Å². The summed E-state index contributed by atoms with van der Waals surface area (Å²) in [5, 5.41) is 6.64. The van der Waals surface area contributed by atoms with Gasteiger partial charge in [0.2, 0.25) is 4.77 Å². The van der Waals surface area contributed by atoms with Crippen LogP contribution in [-0.4, -0.2) is 21.7 Å². The highest BCUT2D eigenvalue weighted by Crippen LogP contribution is 2.21. The van der Waals surface area contributed by atoms with Crippen molar-refractivity contribution in [1.82, 2.24) is 15.2 Å². The summed E-state index contributed by atoms with van der Waals surface area (Å²) < 4.78 is 0.432. The summed E-state index contributed by atoms with van der Waals surface area (Å²) in [6, 6.07) is 8.52. The number of aromatic amines is 1. The minimum Gasteiger partial charge on any atom is -0.351 e. The van der Waals surface area contributed by atoms with Crippen LogP contribution < -0.4 is 4.90 Å². The second kappa shape index (κ2) is 4.25. The van der Waals surface area contributed by atoms with Crippen LogP contribution in [-0.2, 0) is 13.0 Å². The Morgan fingerprint density at radius 1 is 1.24 bits per heavy atom. The molecule has 0 saturated heterocycles. The quantitative estimate of drug-likeness (QED) is 0.780. The van der Waals surface area contributed by atoms with E-state index in [2.05, 4.69) is 44.3 Å². The largest absolute Gasteiger partial charge is 0.351 e. The highest BCUT2D eigenvalue weighted by molar-refractivity contribution is 7.71. The van der Waals surface area contributed by atoms with Crippen molar-refractivity contribution in [2.75, 3.05) is 11.4 Å². The Morgan fingerprint density at radius 3 is 2.88 bits per heavy atom. The Balaban J connectivity index is 1.92. The number of benzene rings is 1. The fourth-order valence-corrected chi connectivity index (χ4v) is 2.29. The first kappa shape index (κ1) is 10.4. The Bertz CT molecular complexity index is 593. The average molecular weight is 244 g/mol. The molecule has 0 aliphatic carbocycles. The molecule has 1 N–H and O–H groups in total. The number of fused-ring (bicyclic) bond motifs is 1. The number of hydrogen-bond donors (Lipinski definition) is 1. The first-order valence-electron chi connectivity index (χ1n) is 5.56. The van der Waals surface area contributed by atoms with Crippen LogP contribution >= 0.6 is 12.2 Å². The van der Waals surface area contributed by atoms with Gasteiger partial charge >= 0.3 is 0 Å². The van der Waals surface area contributed by atoms with Crippen LogP contribution in [0.3, 0.4) is 0 Å². The Labute approximate surface area is 104 Å². The van der Waals surface area contributed by atoms with Crippen LogP contribution in [0.1, 0.15) is 11.1 Å². The molecule has 5 heteroatoms. The third-order valence-electron chi connectivity index (χ3n) is 3.01. The standard InChI is InChI=1S/C12H12N4S/c17-12-14-11(7-13-15-12)16-6-5-9-3-1-2-4-10(9)8-16/h1-4,7H,5-6,8H2,(H,14,15,17). The minimum absolute atomic E-state index is 0.432. The normalized spacial score (nSPS) is 14.5. The topological polar surface area (TPSA) is 44.8 Å². The zero-order chi connectivity index (χ0) is 11.7. The minimum atomic E-state index is 0.432. The van der Waals surface area contributed by atoms with E-state index in [-0.39, 0.29) is 0 Å². The molecule has 17 heavy (non-hydrogen) atoms. The van der Waals surface area contributed by atoms with Gasteiger partial charge in [-0.25, -0.2) is 0 Å². The first-order valence-corrected chi connectivity index (χ1v) is 5.97. The number of rotatable bonds is 1. The number of nitrogens with zero attached hydrogens (tertiary/aromatic N) is 3. The fraction of sp³-hybridized carbons (Fsp3) is 0.250. The number of H-pyrrole nitrogens is 1. The molecule has 4 nitrogen and oxygen atoms in total. The summed E-state index contributed by atoms with van der Waals surface area (Å²) >= 11 is 4.99. The van der Waals surface area contributed by atoms with E-state index < -0.39 is 0 Å². The van der Waals surface area contributed by atoms with E-state index in [1.54, 1.807) is 6.20 Å². The molecular formula is C12H12N4S. The molecule has 1 aliphatic heterocycles. The molecule has 0 amide bonds. The molecule has 86 valence electrons. The second-order valence-corrected chi connectivity index (χ2v) is 4.47. The lowest BCUT2D eigenvalue weighted by molar-refractivity contribution is 0.712. The van der Waals surface area contributed by atoms with E-state index in [1.165, 1.54) is 11.1 Å². The smallest absolute Gasteiger partial charge is 0.215 e. The van der Waals surface area contributed by atoms with Gasteiger partial charge in [0.25, 0.3) is 0 Å². The van der Waals surface area contributed by atoms with E-state index in [0.717, 1.165) is 25.3 Å². The molecule has 0 spiro atoms. The molecule has 0 unspecified atom stereocenters. The van der Waals surface area contributed by atoms with Gasteiger partial charge in [-0.2, -0.15) is 10.1 Å². The number of nitrogens with one attached hydrogen (secondary N) is 1. The summed E-state index contributed by atoms with van der Waals surface area (Å²) in [5.74, 6) is 0.850. The summed E-state index contributed by atoms with van der Waals surface area (Å²) in [4.78, 5) is 6.50. The van der Waals surface area contributed by atoms with Crippen molar-refractivity contribution in [3.05, 3.63) is 46.4 Å². The van der Waals surface area contributed by atoms with Gasteiger partial charge in [0, 0.05) is 13.1 Å². The number of anilines is 1. The van der Waals surface area contributed by atoms with Crippen molar-refractivity contribution in [2.45, 2.75) is 13.0 Å². The maximum absolute atomic E-state index is 4.99. The van der Waals surface area contributed by atoms with E-state index in [1.807, 2.05) is 0 Å². The lowest BCUT2D eigenvalue weighted by Crippen LogP contribution is -2.31. The maximum atomic E-state index is 4.99. The van der Waals surface area contributed by atoms with Crippen LogP contribution in [0.15, 0.2) is 30.5 Å². The summed E-state index contributed by atoms with van der Waals surface area (Å²) in [5.41, 5.74) is 2.79. The molecule has 0 atom stereocenters. The van der Waals surface area contributed by atoms with Crippen LogP contribution in [0, 0.1) is 4.77 Å². The molecule has 0 bridgehead atoms. The van der Waals surface area contributed by atoms with Crippen LogP contribution in [0.25, 0.3) is 0 Å². The molecular weight excluding hydrogens is 232 g/mol. The molecule has 2 aromatic rings. The van der Waals surface area contributed by atoms with E-state index in [0.29, 0.717) is 4.77 Å². The van der Waals surface area contributed by atoms with Gasteiger partial charge < -0.3 is 4.90 Å². The van der Waals surface area contributed by atoms with E-state index >= 15 is 0 Å². The Morgan fingerprint density at radius 2 is 2.06 bits per heavy atom. The van der Waals surface area contributed by atoms with E-state index in [9.17, 15) is 0 Å². The first-order chi connectivity index (χ1) is 8.33. The van der Waals surface area contributed by atoms with Gasteiger partial charge in [-0.3, -0.25) is 5.10 Å². The molecule has 1 aromatic carbocycles. The lowest BCUT2D eigenvalue weighted by Gasteiger charge is -2.29. The highest BCUT2D eigenvalue weighted by atomic mass is 32.1. The molecule has 1 aliphatic rings. The molecule has 3 rings (SSSR count). The molecule has 0 radical (unpaired) electrons. The molecule has 0 saturated carbocycles. The lowest BCUT2D eigenvalue weighted by atomic mass is 10.0. The average Bonchev–Trinajstić information content (AvgIpc) is 2.38. The van der Waals surface area contributed by atoms with Crippen LogP contribution in [0.4, 0.5) is 5.82 Å². The zero-order valence-electron chi connectivity index (χ0n) is 9.26. The zero-order valence-corrected chi connectivity index (χ0v) is 10.1. The van der Waals surface area contributed by atoms with Crippen molar-refractivity contribution in [3.8, 4) is 0 Å². The monoisotopic (exact) mass is 244 g/mol. The van der Waals surface area contributed by atoms with Crippen LogP contribution in [0.5, 0.6) is 0 Å². The van der Waals surface area contributed by atoms with Gasteiger partial charge in [0.1, 0.15) is 0 Å². The van der Waals surface area contributed by atoms with Crippen molar-refractivity contribution >= 4 is 18.0 Å². The van der Waals surface area contributed by atoms with Crippen molar-refractivity contribution in [1.29, 1.82) is 0 Å². The van der Waals surface area contributed by atoms with Crippen molar-refractivity contribution in [3.63, 3.8) is 0 Å². The number of hydrogen-bond acceptors (Lipinski definition) is 4. The fourth-order valence-electron chi connectivity index (χ4n) is 2.15. The number of aromatic nitrogens is 3. The summed E-state index contributed by atoms with van der Waals surface area (Å²) in [6.07, 6.45) is 2.77. The van der Waals surface area contributed by atoms with Crippen molar-refractivity contribution in [2.24, 2.45) is 0 Å². The Hall–Kier alpha value is -1.75. The van der Waals surface area contributed by atoms with Crippen molar-refractivity contribution < 1.29 is 0 Å². The van der Waals surface area contributed by atoms with Gasteiger partial charge in [-0.05, 0) is 29.8 Å². The van der Waals surface area contributed by atoms with Gasteiger partial charge in [-0.15, -0.1) is 0 Å². The van der Waals surface area contributed by atoms with Gasteiger partial charge in [0.05, 0.1) is 6.20 Å². The third kappa shape index (κ3) is 2.06. The molecule has 0 fully saturated rings. The molecule has 1 aromatic heterocycles. The van der Waals surface area contributed by atoms with E-state index in [4.69, 9.17) is 12.2 Å². The van der Waals surface area contributed by atoms with Gasteiger partial charge in [-0.1, -0.05) is 24.3 Å². The highest BCUT2D eigenvalue weighted by Gasteiger charge is 2.16. The molecule has 2 heterocycles. The third-order valence-corrected chi connectivity index (χ3v) is 3.19. The SMILES string of the molecule is S=c1nc(N2CCc3ccccc3C2)cn[nH]1.